The molecule has 0 atom stereocenters. The van der Waals surface area contributed by atoms with E-state index >= 15 is 0 Å². The second-order valence-corrected chi connectivity index (χ2v) is 6.74. The highest BCUT2D eigenvalue weighted by Gasteiger charge is 2.15. The average molecular weight is 373 g/mol. The number of nitrogens with one attached hydrogen (secondary N) is 1. The Morgan fingerprint density at radius 1 is 1.38 bits per heavy atom. The third-order valence-corrected chi connectivity index (χ3v) is 4.31. The first-order chi connectivity index (χ1) is 7.39. The Balaban J connectivity index is 3.22. The van der Waals surface area contributed by atoms with Gasteiger partial charge < -0.3 is 4.74 Å². The first-order valence-electron chi connectivity index (χ1n) is 4.32. The van der Waals surface area contributed by atoms with E-state index in [2.05, 4.69) is 36.6 Å². The summed E-state index contributed by atoms with van der Waals surface area (Å²) in [7, 11) is -0.423. The Labute approximate surface area is 112 Å². The summed E-state index contributed by atoms with van der Waals surface area (Å²) < 4.78 is 31.9. The lowest BCUT2D eigenvalue weighted by Crippen LogP contribution is -2.20. The maximum absolute atomic E-state index is 11.5. The van der Waals surface area contributed by atoms with Crippen LogP contribution in [-0.2, 0) is 15.8 Å². The van der Waals surface area contributed by atoms with E-state index in [1.807, 2.05) is 0 Å². The van der Waals surface area contributed by atoms with Crippen molar-refractivity contribution in [3.8, 4) is 5.75 Å². The number of hydrogen-bond acceptors (Lipinski definition) is 3. The van der Waals surface area contributed by atoms with Crippen LogP contribution < -0.4 is 9.46 Å². The van der Waals surface area contributed by atoms with Crippen LogP contribution in [0, 0.1) is 0 Å². The van der Waals surface area contributed by atoms with Gasteiger partial charge in [0.25, 0.3) is 0 Å². The molecule has 0 bridgehead atoms. The van der Waals surface area contributed by atoms with Crippen LogP contribution in [0.3, 0.4) is 0 Å². The third kappa shape index (κ3) is 3.44. The van der Waals surface area contributed by atoms with Crippen molar-refractivity contribution in [2.24, 2.45) is 0 Å². The van der Waals surface area contributed by atoms with Crippen LogP contribution in [0.25, 0.3) is 0 Å². The molecule has 0 spiro atoms. The van der Waals surface area contributed by atoms with Crippen LogP contribution >= 0.6 is 31.9 Å². The first kappa shape index (κ1) is 14.0. The number of hydrogen-bond donors (Lipinski definition) is 1. The lowest BCUT2D eigenvalue weighted by Gasteiger charge is -2.11. The number of rotatable bonds is 4. The molecule has 7 heteroatoms. The van der Waals surface area contributed by atoms with Gasteiger partial charge in [0, 0.05) is 10.0 Å². The normalized spacial score (nSPS) is 11.5. The number of sulfonamides is 1. The molecule has 0 saturated carbocycles. The molecule has 1 aromatic rings. The maximum atomic E-state index is 11.5. The summed E-state index contributed by atoms with van der Waals surface area (Å²) in [5, 5.41) is 0. The van der Waals surface area contributed by atoms with Gasteiger partial charge in [-0.2, -0.15) is 0 Å². The molecule has 0 heterocycles. The first-order valence-corrected chi connectivity index (χ1v) is 7.56. The van der Waals surface area contributed by atoms with Gasteiger partial charge in [0.2, 0.25) is 10.0 Å². The molecular weight excluding hydrogens is 362 g/mol. The number of ether oxygens (including phenoxy) is 1. The largest absolute Gasteiger partial charge is 0.495 e. The lowest BCUT2D eigenvalue weighted by atomic mass is 10.2. The van der Waals surface area contributed by atoms with E-state index in [1.54, 1.807) is 12.1 Å². The molecule has 0 fully saturated rings. The highest BCUT2D eigenvalue weighted by Crippen LogP contribution is 2.33. The van der Waals surface area contributed by atoms with Crippen molar-refractivity contribution in [1.82, 2.24) is 4.72 Å². The molecule has 0 aliphatic heterocycles. The van der Waals surface area contributed by atoms with Crippen LogP contribution in [0.1, 0.15) is 5.56 Å². The number of methoxy groups -OCH3 is 1. The van der Waals surface area contributed by atoms with E-state index in [1.165, 1.54) is 14.2 Å². The van der Waals surface area contributed by atoms with E-state index in [9.17, 15) is 8.42 Å². The van der Waals surface area contributed by atoms with E-state index < -0.39 is 10.0 Å². The smallest absolute Gasteiger partial charge is 0.215 e. The zero-order valence-electron chi connectivity index (χ0n) is 8.75. The minimum absolute atomic E-state index is 0.120. The molecule has 0 aliphatic carbocycles. The van der Waals surface area contributed by atoms with Gasteiger partial charge in [-0.1, -0.05) is 15.9 Å². The molecule has 0 unspecified atom stereocenters. The third-order valence-electron chi connectivity index (χ3n) is 1.95. The van der Waals surface area contributed by atoms with Gasteiger partial charge in [0.1, 0.15) is 5.75 Å². The molecule has 0 aliphatic rings. The summed E-state index contributed by atoms with van der Waals surface area (Å²) in [4.78, 5) is 0. The molecule has 0 radical (unpaired) electrons. The predicted octanol–water partition coefficient (Wildman–Crippen LogP) is 2.27. The topological polar surface area (TPSA) is 55.4 Å². The van der Waals surface area contributed by atoms with E-state index in [4.69, 9.17) is 4.74 Å². The molecule has 1 N–H and O–H groups in total. The fourth-order valence-corrected chi connectivity index (χ4v) is 3.47. The summed E-state index contributed by atoms with van der Waals surface area (Å²) in [5.41, 5.74) is 0.595. The summed E-state index contributed by atoms with van der Waals surface area (Å²) in [6.07, 6.45) is 0. The molecule has 1 rings (SSSR count). The molecule has 1 aromatic carbocycles. The molecule has 0 amide bonds. The molecular formula is C9H11Br2NO3S. The van der Waals surface area contributed by atoms with Crippen LogP contribution in [0.2, 0.25) is 0 Å². The van der Waals surface area contributed by atoms with Crippen molar-refractivity contribution in [2.45, 2.75) is 5.75 Å². The van der Waals surface area contributed by atoms with Gasteiger partial charge in [-0.25, -0.2) is 13.1 Å². The highest BCUT2D eigenvalue weighted by atomic mass is 79.9. The van der Waals surface area contributed by atoms with Gasteiger partial charge in [-0.3, -0.25) is 0 Å². The van der Waals surface area contributed by atoms with E-state index in [0.717, 1.165) is 4.47 Å². The van der Waals surface area contributed by atoms with Crippen molar-refractivity contribution in [2.75, 3.05) is 14.2 Å². The maximum Gasteiger partial charge on any atom is 0.215 e. The molecule has 4 nitrogen and oxygen atoms in total. The summed E-state index contributed by atoms with van der Waals surface area (Å²) >= 11 is 6.62. The summed E-state index contributed by atoms with van der Waals surface area (Å²) in [6.45, 7) is 0. The Morgan fingerprint density at radius 2 is 2.00 bits per heavy atom. The minimum Gasteiger partial charge on any atom is -0.495 e. The molecule has 0 saturated heterocycles. The summed E-state index contributed by atoms with van der Waals surface area (Å²) in [6, 6.07) is 3.52. The summed E-state index contributed by atoms with van der Waals surface area (Å²) in [5.74, 6) is 0.409. The van der Waals surface area contributed by atoms with Crippen LogP contribution in [0.5, 0.6) is 5.75 Å². The van der Waals surface area contributed by atoms with Crippen molar-refractivity contribution < 1.29 is 13.2 Å². The zero-order valence-corrected chi connectivity index (χ0v) is 12.7. The lowest BCUT2D eigenvalue weighted by molar-refractivity contribution is 0.408. The Bertz CT molecular complexity index is 488. The SMILES string of the molecule is CNS(=O)(=O)Cc1cc(Br)cc(Br)c1OC. The average Bonchev–Trinajstić information content (AvgIpc) is 2.16. The fraction of sp³-hybridized carbons (Fsp3) is 0.333. The molecule has 16 heavy (non-hydrogen) atoms. The zero-order chi connectivity index (χ0) is 12.3. The van der Waals surface area contributed by atoms with E-state index in [0.29, 0.717) is 15.8 Å². The van der Waals surface area contributed by atoms with Crippen molar-refractivity contribution in [3.05, 3.63) is 26.6 Å². The standard InChI is InChI=1S/C9H11Br2NO3S/c1-12-16(13,14)5-6-3-7(10)4-8(11)9(6)15-2/h3-4,12H,5H2,1-2H3. The Hall–Kier alpha value is -0.110. The van der Waals surface area contributed by atoms with Gasteiger partial charge >= 0.3 is 0 Å². The predicted molar refractivity (Wildman–Crippen MR) is 70.1 cm³/mol. The number of halogens is 2. The van der Waals surface area contributed by atoms with Gasteiger partial charge in [0.05, 0.1) is 17.3 Å². The van der Waals surface area contributed by atoms with E-state index in [-0.39, 0.29) is 5.75 Å². The van der Waals surface area contributed by atoms with Crippen molar-refractivity contribution in [1.29, 1.82) is 0 Å². The van der Waals surface area contributed by atoms with Gasteiger partial charge in [-0.15, -0.1) is 0 Å². The highest BCUT2D eigenvalue weighted by molar-refractivity contribution is 9.11. The van der Waals surface area contributed by atoms with Crippen LogP contribution in [0.4, 0.5) is 0 Å². The van der Waals surface area contributed by atoms with Gasteiger partial charge in [-0.05, 0) is 35.1 Å². The minimum atomic E-state index is -3.31. The molecule has 90 valence electrons. The van der Waals surface area contributed by atoms with Crippen LogP contribution in [0.15, 0.2) is 21.1 Å². The monoisotopic (exact) mass is 371 g/mol. The number of benzene rings is 1. The van der Waals surface area contributed by atoms with Crippen molar-refractivity contribution in [3.63, 3.8) is 0 Å². The second-order valence-electron chi connectivity index (χ2n) is 3.04. The quantitative estimate of drug-likeness (QED) is 0.881. The van der Waals surface area contributed by atoms with Gasteiger partial charge in [0.15, 0.2) is 0 Å². The Kier molecular flexibility index (Phi) is 4.78. The van der Waals surface area contributed by atoms with Crippen LogP contribution in [-0.4, -0.2) is 22.6 Å². The van der Waals surface area contributed by atoms with Crippen molar-refractivity contribution >= 4 is 41.9 Å². The fourth-order valence-electron chi connectivity index (χ4n) is 1.23. The Morgan fingerprint density at radius 3 is 2.50 bits per heavy atom. The second kappa shape index (κ2) is 5.48. The molecule has 0 aromatic heterocycles.